The summed E-state index contributed by atoms with van der Waals surface area (Å²) in [6.07, 6.45) is 5.47. The summed E-state index contributed by atoms with van der Waals surface area (Å²) in [5.74, 6) is -3.74. The van der Waals surface area contributed by atoms with Crippen molar-refractivity contribution in [2.24, 2.45) is 5.73 Å². The molecule has 3 rings (SSSR count). The zero-order chi connectivity index (χ0) is 24.3. The van der Waals surface area contributed by atoms with E-state index in [1.54, 1.807) is 30.3 Å². The average molecular weight is 449 g/mol. The van der Waals surface area contributed by atoms with Gasteiger partial charge in [0.2, 0.25) is 0 Å². The summed E-state index contributed by atoms with van der Waals surface area (Å²) in [5.41, 5.74) is 5.46. The smallest absolute Gasteiger partial charge is 0.355 e. The van der Waals surface area contributed by atoms with Crippen LogP contribution >= 0.6 is 0 Å². The molecule has 0 radical (unpaired) electrons. The van der Waals surface area contributed by atoms with Crippen LogP contribution in [0.3, 0.4) is 0 Å². The first-order chi connectivity index (χ1) is 15.8. The van der Waals surface area contributed by atoms with E-state index in [0.29, 0.717) is 11.6 Å². The van der Waals surface area contributed by atoms with Crippen LogP contribution < -0.4 is 10.6 Å². The van der Waals surface area contributed by atoms with Gasteiger partial charge in [0, 0.05) is 6.07 Å². The van der Waals surface area contributed by atoms with Crippen molar-refractivity contribution in [1.29, 1.82) is 5.26 Å². The fraction of sp³-hybridized carbons (Fsp3) is 0.125. The maximum Gasteiger partial charge on any atom is 0.355 e. The van der Waals surface area contributed by atoms with Gasteiger partial charge in [-0.25, -0.2) is 18.4 Å². The quantitative estimate of drug-likeness (QED) is 0.565. The molecule has 0 fully saturated rings. The minimum Gasteiger partial charge on any atom is -0.466 e. The van der Waals surface area contributed by atoms with E-state index >= 15 is 0 Å². The van der Waals surface area contributed by atoms with Gasteiger partial charge >= 0.3 is 11.9 Å². The van der Waals surface area contributed by atoms with Crippen molar-refractivity contribution < 1.29 is 27.8 Å². The van der Waals surface area contributed by atoms with Crippen LogP contribution in [-0.2, 0) is 19.1 Å². The first-order valence-corrected chi connectivity index (χ1v) is 9.41. The summed E-state index contributed by atoms with van der Waals surface area (Å²) < 4.78 is 37.8. The average Bonchev–Trinajstić information content (AvgIpc) is 2.84. The summed E-state index contributed by atoms with van der Waals surface area (Å²) in [6, 6.07) is 11.7. The highest BCUT2D eigenvalue weighted by Crippen LogP contribution is 2.44. The molecule has 1 aliphatic rings. The third-order valence-electron chi connectivity index (χ3n) is 5.05. The number of terminal acetylenes is 1. The molecule has 7 nitrogen and oxygen atoms in total. The maximum atomic E-state index is 14.2. The molecule has 1 aliphatic heterocycles. The molecule has 0 aliphatic carbocycles. The van der Waals surface area contributed by atoms with E-state index in [4.69, 9.17) is 21.6 Å². The van der Waals surface area contributed by atoms with Crippen molar-refractivity contribution in [3.63, 3.8) is 0 Å². The Labute approximate surface area is 188 Å². The molecular weight excluding hydrogens is 432 g/mol. The number of benzene rings is 2. The summed E-state index contributed by atoms with van der Waals surface area (Å²) in [6.45, 7) is 0. The molecule has 0 aromatic heterocycles. The van der Waals surface area contributed by atoms with Gasteiger partial charge in [-0.2, -0.15) is 5.26 Å². The Morgan fingerprint density at radius 3 is 2.24 bits per heavy atom. The number of halogens is 2. The molecule has 33 heavy (non-hydrogen) atoms. The Hall–Kier alpha value is -4.63. The van der Waals surface area contributed by atoms with E-state index in [9.17, 15) is 23.6 Å². The van der Waals surface area contributed by atoms with Gasteiger partial charge in [0.15, 0.2) is 11.6 Å². The Bertz CT molecular complexity index is 1290. The fourth-order valence-corrected chi connectivity index (χ4v) is 3.60. The lowest BCUT2D eigenvalue weighted by atomic mass is 9.80. The Morgan fingerprint density at radius 2 is 1.70 bits per heavy atom. The number of nitrogens with zero attached hydrogens (tertiary/aromatic N) is 2. The molecule has 0 spiro atoms. The van der Waals surface area contributed by atoms with Crippen LogP contribution in [0.4, 0.5) is 14.5 Å². The number of anilines is 1. The molecule has 1 heterocycles. The molecule has 166 valence electrons. The van der Waals surface area contributed by atoms with Gasteiger partial charge in [-0.1, -0.05) is 36.3 Å². The minimum atomic E-state index is -1.29. The molecule has 2 N–H and O–H groups in total. The van der Waals surface area contributed by atoms with Crippen LogP contribution in [0.5, 0.6) is 0 Å². The van der Waals surface area contributed by atoms with Gasteiger partial charge < -0.3 is 15.2 Å². The molecule has 0 saturated heterocycles. The number of rotatable bonds is 4. The Morgan fingerprint density at radius 1 is 1.09 bits per heavy atom. The predicted molar refractivity (Wildman–Crippen MR) is 114 cm³/mol. The molecule has 0 amide bonds. The van der Waals surface area contributed by atoms with Crippen LogP contribution in [0.15, 0.2) is 65.1 Å². The summed E-state index contributed by atoms with van der Waals surface area (Å²) in [7, 11) is 2.15. The molecule has 9 heteroatoms. The minimum absolute atomic E-state index is 0.137. The number of hydrogen-bond acceptors (Lipinski definition) is 7. The molecule has 2 aromatic rings. The monoisotopic (exact) mass is 449 g/mol. The molecule has 1 unspecified atom stereocenters. The molecule has 0 bridgehead atoms. The van der Waals surface area contributed by atoms with Crippen LogP contribution in [0.25, 0.3) is 0 Å². The number of carbonyl (C=O) groups excluding carboxylic acids is 2. The van der Waals surface area contributed by atoms with Gasteiger partial charge in [0.05, 0.1) is 48.6 Å². The van der Waals surface area contributed by atoms with E-state index in [1.807, 2.05) is 6.07 Å². The second-order valence-corrected chi connectivity index (χ2v) is 6.76. The molecule has 0 saturated carbocycles. The highest BCUT2D eigenvalue weighted by molar-refractivity contribution is 6.06. The van der Waals surface area contributed by atoms with Gasteiger partial charge in [-0.3, -0.25) is 4.90 Å². The van der Waals surface area contributed by atoms with Crippen molar-refractivity contribution in [3.8, 4) is 18.4 Å². The molecular formula is C24H17F2N3O4. The zero-order valence-electron chi connectivity index (χ0n) is 17.6. The van der Waals surface area contributed by atoms with E-state index in [2.05, 4.69) is 5.92 Å². The van der Waals surface area contributed by atoms with Crippen LogP contribution in [0.1, 0.15) is 17.0 Å². The number of ether oxygens (including phenoxy) is 2. The predicted octanol–water partition coefficient (Wildman–Crippen LogP) is 2.84. The lowest BCUT2D eigenvalue weighted by Gasteiger charge is -2.36. The first-order valence-electron chi connectivity index (χ1n) is 9.41. The van der Waals surface area contributed by atoms with Crippen LogP contribution in [0, 0.1) is 35.3 Å². The maximum absolute atomic E-state index is 14.2. The van der Waals surface area contributed by atoms with Gasteiger partial charge in [0.1, 0.15) is 11.5 Å². The van der Waals surface area contributed by atoms with E-state index in [0.717, 1.165) is 25.2 Å². The second kappa shape index (κ2) is 9.25. The zero-order valence-corrected chi connectivity index (χ0v) is 17.6. The molecule has 2 aromatic carbocycles. The SMILES string of the molecule is C#Cc1cc(F)c(F)cc1N1C(N)=C(C#N)C(c2ccccc2)C(C(=O)OC)=C1C(=O)OC. The fourth-order valence-electron chi connectivity index (χ4n) is 3.60. The van der Waals surface area contributed by atoms with E-state index in [1.165, 1.54) is 0 Å². The Kier molecular flexibility index (Phi) is 6.46. The van der Waals surface area contributed by atoms with Crippen LogP contribution in [-0.4, -0.2) is 26.2 Å². The third kappa shape index (κ3) is 3.88. The standard InChI is InChI=1S/C24H17F2N3O4/c1-4-13-10-16(25)17(26)11-18(13)29-21(24(31)33-3)20(23(30)32-2)19(15(12-27)22(29)28)14-8-6-5-7-9-14/h1,5-11,19H,28H2,2-3H3. The summed E-state index contributed by atoms with van der Waals surface area (Å²) in [5, 5.41) is 9.96. The van der Waals surface area contributed by atoms with Gasteiger partial charge in [-0.15, -0.1) is 6.42 Å². The highest BCUT2D eigenvalue weighted by atomic mass is 19.2. The molecule has 1 atom stereocenters. The summed E-state index contributed by atoms with van der Waals surface area (Å²) >= 11 is 0. The number of carbonyl (C=O) groups is 2. The largest absolute Gasteiger partial charge is 0.466 e. The number of methoxy groups -OCH3 is 2. The lowest BCUT2D eigenvalue weighted by Crippen LogP contribution is -2.41. The number of allylic oxidation sites excluding steroid dienone is 1. The van der Waals surface area contributed by atoms with Gasteiger partial charge in [0.25, 0.3) is 0 Å². The highest BCUT2D eigenvalue weighted by Gasteiger charge is 2.43. The van der Waals surface area contributed by atoms with Crippen molar-refractivity contribution in [3.05, 3.63) is 87.9 Å². The number of esters is 2. The summed E-state index contributed by atoms with van der Waals surface area (Å²) in [4.78, 5) is 26.8. The Balaban J connectivity index is 2.49. The van der Waals surface area contributed by atoms with Crippen molar-refractivity contribution in [2.45, 2.75) is 5.92 Å². The van der Waals surface area contributed by atoms with Crippen molar-refractivity contribution in [2.75, 3.05) is 19.1 Å². The van der Waals surface area contributed by atoms with E-state index in [-0.39, 0.29) is 28.2 Å². The number of nitrogens with two attached hydrogens (primary N) is 1. The van der Waals surface area contributed by atoms with E-state index < -0.39 is 35.2 Å². The lowest BCUT2D eigenvalue weighted by molar-refractivity contribution is -0.139. The second-order valence-electron chi connectivity index (χ2n) is 6.76. The normalized spacial score (nSPS) is 15.6. The van der Waals surface area contributed by atoms with Crippen molar-refractivity contribution in [1.82, 2.24) is 0 Å². The number of nitriles is 1. The third-order valence-corrected chi connectivity index (χ3v) is 5.05. The first kappa shape index (κ1) is 23.0. The van der Waals surface area contributed by atoms with Crippen molar-refractivity contribution >= 4 is 17.6 Å². The topological polar surface area (TPSA) is 106 Å². The number of hydrogen-bond donors (Lipinski definition) is 1. The van der Waals surface area contributed by atoms with Crippen LogP contribution in [0.2, 0.25) is 0 Å². The van der Waals surface area contributed by atoms with Gasteiger partial charge in [-0.05, 0) is 11.6 Å².